The quantitative estimate of drug-likeness (QED) is 0.556. The Morgan fingerprint density at radius 2 is 1.83 bits per heavy atom. The van der Waals surface area contributed by atoms with Gasteiger partial charge in [-0.05, 0) is 36.9 Å². The van der Waals surface area contributed by atoms with Crippen molar-refractivity contribution in [1.82, 2.24) is 14.9 Å². The molecular formula is C20H26ClN5O2S. The number of nitrogens with zero attached hydrogens (tertiary/aromatic N) is 3. The Bertz CT molecular complexity index is 972. The standard InChI is InChI=1S/C20H26ClN5O2S/c1-22-20(24-15-16-6-5-7-17(14-16)29(27,28)23-2)26-12-10-25(11-13-26)19-9-4-3-8-18(19)21/h3-9,14,23H,10-13,15H2,1-2H3,(H,22,24). The third kappa shape index (κ3) is 5.20. The van der Waals surface area contributed by atoms with E-state index in [9.17, 15) is 8.42 Å². The summed E-state index contributed by atoms with van der Waals surface area (Å²) in [4.78, 5) is 9.11. The molecule has 7 nitrogen and oxygen atoms in total. The number of rotatable bonds is 5. The number of para-hydroxylation sites is 1. The van der Waals surface area contributed by atoms with Gasteiger partial charge in [0.15, 0.2) is 5.96 Å². The van der Waals surface area contributed by atoms with E-state index in [1.54, 1.807) is 25.2 Å². The van der Waals surface area contributed by atoms with Gasteiger partial charge in [0.1, 0.15) is 0 Å². The molecule has 0 aromatic heterocycles. The lowest BCUT2D eigenvalue weighted by Gasteiger charge is -2.38. The SMILES string of the molecule is CN=C(NCc1cccc(S(=O)(=O)NC)c1)N1CCN(c2ccccc2Cl)CC1. The highest BCUT2D eigenvalue weighted by Gasteiger charge is 2.21. The molecule has 2 aromatic carbocycles. The monoisotopic (exact) mass is 435 g/mol. The summed E-state index contributed by atoms with van der Waals surface area (Å²) in [6, 6.07) is 14.8. The minimum absolute atomic E-state index is 0.252. The molecule has 1 saturated heterocycles. The van der Waals surface area contributed by atoms with Crippen molar-refractivity contribution in [2.24, 2.45) is 4.99 Å². The minimum Gasteiger partial charge on any atom is -0.367 e. The minimum atomic E-state index is -3.46. The van der Waals surface area contributed by atoms with Crippen molar-refractivity contribution in [3.63, 3.8) is 0 Å². The summed E-state index contributed by atoms with van der Waals surface area (Å²) < 4.78 is 26.3. The lowest BCUT2D eigenvalue weighted by molar-refractivity contribution is 0.372. The van der Waals surface area contributed by atoms with Crippen LogP contribution >= 0.6 is 11.6 Å². The number of anilines is 1. The van der Waals surface area contributed by atoms with E-state index in [2.05, 4.69) is 24.8 Å². The Morgan fingerprint density at radius 3 is 2.48 bits per heavy atom. The third-order valence-corrected chi connectivity index (χ3v) is 6.64. The normalized spacial score (nSPS) is 15.5. The van der Waals surface area contributed by atoms with Crippen LogP contribution in [0.25, 0.3) is 0 Å². The molecule has 2 aromatic rings. The van der Waals surface area contributed by atoms with Crippen molar-refractivity contribution in [3.05, 3.63) is 59.1 Å². The highest BCUT2D eigenvalue weighted by Crippen LogP contribution is 2.26. The maximum absolute atomic E-state index is 12.0. The lowest BCUT2D eigenvalue weighted by atomic mass is 10.2. The van der Waals surface area contributed by atoms with Crippen LogP contribution in [0.5, 0.6) is 0 Å². The first-order valence-electron chi connectivity index (χ1n) is 9.42. The smallest absolute Gasteiger partial charge is 0.240 e. The molecule has 0 aliphatic carbocycles. The summed E-state index contributed by atoms with van der Waals surface area (Å²) in [7, 11) is -0.294. The Balaban J connectivity index is 1.60. The van der Waals surface area contributed by atoms with Crippen LogP contribution in [-0.2, 0) is 16.6 Å². The number of sulfonamides is 1. The fraction of sp³-hybridized carbons (Fsp3) is 0.350. The van der Waals surface area contributed by atoms with Gasteiger partial charge in [-0.25, -0.2) is 13.1 Å². The number of aliphatic imine (C=N–C) groups is 1. The number of guanidine groups is 1. The molecule has 9 heteroatoms. The second-order valence-corrected chi connectivity index (χ2v) is 8.97. The van der Waals surface area contributed by atoms with Crippen molar-refractivity contribution >= 4 is 33.3 Å². The number of piperazine rings is 1. The summed E-state index contributed by atoms with van der Waals surface area (Å²) in [6.07, 6.45) is 0. The van der Waals surface area contributed by atoms with Crippen LogP contribution in [0.4, 0.5) is 5.69 Å². The van der Waals surface area contributed by atoms with E-state index in [0.717, 1.165) is 48.4 Å². The largest absolute Gasteiger partial charge is 0.367 e. The molecule has 0 spiro atoms. The van der Waals surface area contributed by atoms with E-state index >= 15 is 0 Å². The maximum atomic E-state index is 12.0. The van der Waals surface area contributed by atoms with Crippen LogP contribution in [0.15, 0.2) is 58.4 Å². The second-order valence-electron chi connectivity index (χ2n) is 6.68. The van der Waals surface area contributed by atoms with Gasteiger partial charge >= 0.3 is 0 Å². The molecule has 1 fully saturated rings. The average Bonchev–Trinajstić information content (AvgIpc) is 2.75. The molecule has 0 radical (unpaired) electrons. The molecule has 1 heterocycles. The Labute approximate surface area is 177 Å². The molecule has 0 saturated carbocycles. The van der Waals surface area contributed by atoms with Gasteiger partial charge in [-0.15, -0.1) is 0 Å². The zero-order chi connectivity index (χ0) is 20.9. The van der Waals surface area contributed by atoms with Crippen molar-refractivity contribution in [2.45, 2.75) is 11.4 Å². The third-order valence-electron chi connectivity index (χ3n) is 4.91. The van der Waals surface area contributed by atoms with E-state index in [1.807, 2.05) is 30.3 Å². The first kappa shape index (κ1) is 21.4. The van der Waals surface area contributed by atoms with Gasteiger partial charge in [0.05, 0.1) is 15.6 Å². The van der Waals surface area contributed by atoms with E-state index in [-0.39, 0.29) is 4.90 Å². The van der Waals surface area contributed by atoms with Crippen molar-refractivity contribution < 1.29 is 8.42 Å². The Morgan fingerprint density at radius 1 is 1.10 bits per heavy atom. The Kier molecular flexibility index (Phi) is 7.00. The molecule has 156 valence electrons. The van der Waals surface area contributed by atoms with Crippen LogP contribution in [0.2, 0.25) is 5.02 Å². The summed E-state index contributed by atoms with van der Waals surface area (Å²) >= 11 is 6.32. The highest BCUT2D eigenvalue weighted by atomic mass is 35.5. The van der Waals surface area contributed by atoms with Crippen molar-refractivity contribution in [3.8, 4) is 0 Å². The lowest BCUT2D eigenvalue weighted by Crippen LogP contribution is -2.52. The van der Waals surface area contributed by atoms with Gasteiger partial charge in [0.2, 0.25) is 10.0 Å². The fourth-order valence-electron chi connectivity index (χ4n) is 3.32. The van der Waals surface area contributed by atoms with E-state index in [4.69, 9.17) is 11.6 Å². The van der Waals surface area contributed by atoms with Crippen molar-refractivity contribution in [1.29, 1.82) is 0 Å². The van der Waals surface area contributed by atoms with Gasteiger partial charge in [0, 0.05) is 39.8 Å². The predicted octanol–water partition coefficient (Wildman–Crippen LogP) is 2.15. The van der Waals surface area contributed by atoms with Crippen LogP contribution in [0.1, 0.15) is 5.56 Å². The van der Waals surface area contributed by atoms with Crippen LogP contribution in [-0.4, -0.2) is 59.6 Å². The van der Waals surface area contributed by atoms with Gasteiger partial charge < -0.3 is 15.1 Å². The molecule has 0 amide bonds. The second kappa shape index (κ2) is 9.47. The fourth-order valence-corrected chi connectivity index (χ4v) is 4.38. The molecule has 0 bridgehead atoms. The molecular weight excluding hydrogens is 410 g/mol. The maximum Gasteiger partial charge on any atom is 0.240 e. The molecule has 1 aliphatic rings. The zero-order valence-corrected chi connectivity index (χ0v) is 18.2. The van der Waals surface area contributed by atoms with Crippen LogP contribution in [0, 0.1) is 0 Å². The van der Waals surface area contributed by atoms with E-state index in [1.165, 1.54) is 7.05 Å². The number of nitrogens with one attached hydrogen (secondary N) is 2. The summed E-state index contributed by atoms with van der Waals surface area (Å²) in [5, 5.41) is 4.10. The molecule has 1 aliphatic heterocycles. The predicted molar refractivity (Wildman–Crippen MR) is 118 cm³/mol. The molecule has 0 unspecified atom stereocenters. The number of benzene rings is 2. The first-order valence-corrected chi connectivity index (χ1v) is 11.3. The summed E-state index contributed by atoms with van der Waals surface area (Å²) in [5.41, 5.74) is 1.93. The van der Waals surface area contributed by atoms with Crippen molar-refractivity contribution in [2.75, 3.05) is 45.2 Å². The zero-order valence-electron chi connectivity index (χ0n) is 16.6. The number of halogens is 1. The van der Waals surface area contributed by atoms with Crippen LogP contribution in [0.3, 0.4) is 0 Å². The Hall–Kier alpha value is -2.29. The molecule has 3 rings (SSSR count). The topological polar surface area (TPSA) is 77.0 Å². The first-order chi connectivity index (χ1) is 13.9. The highest BCUT2D eigenvalue weighted by molar-refractivity contribution is 7.89. The summed E-state index contributed by atoms with van der Waals surface area (Å²) in [5.74, 6) is 0.797. The summed E-state index contributed by atoms with van der Waals surface area (Å²) in [6.45, 7) is 3.82. The van der Waals surface area contributed by atoms with E-state index in [0.29, 0.717) is 6.54 Å². The van der Waals surface area contributed by atoms with Gasteiger partial charge in [-0.1, -0.05) is 35.9 Å². The average molecular weight is 436 g/mol. The molecule has 2 N–H and O–H groups in total. The van der Waals surface area contributed by atoms with Crippen LogP contribution < -0.4 is 14.9 Å². The van der Waals surface area contributed by atoms with Gasteiger partial charge in [0.25, 0.3) is 0 Å². The number of hydrogen-bond acceptors (Lipinski definition) is 4. The molecule has 29 heavy (non-hydrogen) atoms. The van der Waals surface area contributed by atoms with Gasteiger partial charge in [-0.3, -0.25) is 4.99 Å². The van der Waals surface area contributed by atoms with E-state index < -0.39 is 10.0 Å². The van der Waals surface area contributed by atoms with Gasteiger partial charge in [-0.2, -0.15) is 0 Å². The molecule has 0 atom stereocenters. The number of hydrogen-bond donors (Lipinski definition) is 2.